The van der Waals surface area contributed by atoms with Gasteiger partial charge in [0.1, 0.15) is 11.5 Å². The number of aliphatic carboxylic acids is 2. The second kappa shape index (κ2) is 10.1. The Morgan fingerprint density at radius 1 is 0.857 bits per heavy atom. The molecule has 0 spiro atoms. The fourth-order valence-electron chi connectivity index (χ4n) is 2.58. The van der Waals surface area contributed by atoms with Gasteiger partial charge in [0, 0.05) is 11.5 Å². The Labute approximate surface area is 173 Å². The van der Waals surface area contributed by atoms with Crippen LogP contribution in [0, 0.1) is 10.8 Å². The van der Waals surface area contributed by atoms with E-state index in [-0.39, 0.29) is 12.8 Å². The smallest absolute Gasteiger partial charge is 0.310 e. The van der Waals surface area contributed by atoms with Crippen molar-refractivity contribution in [1.29, 1.82) is 0 Å². The summed E-state index contributed by atoms with van der Waals surface area (Å²) in [5.74, 6) is 1.72. The van der Waals surface area contributed by atoms with E-state index in [4.69, 9.17) is 8.83 Å². The van der Waals surface area contributed by atoms with Crippen LogP contribution in [0.15, 0.2) is 45.6 Å². The Morgan fingerprint density at radius 2 is 1.25 bits per heavy atom. The van der Waals surface area contributed by atoms with Gasteiger partial charge in [-0.15, -0.1) is 0 Å². The van der Waals surface area contributed by atoms with Crippen LogP contribution in [0.25, 0.3) is 0 Å². The van der Waals surface area contributed by atoms with Crippen LogP contribution in [-0.4, -0.2) is 33.7 Å². The Hall–Kier alpha value is -1.80. The minimum Gasteiger partial charge on any atom is -0.481 e. The summed E-state index contributed by atoms with van der Waals surface area (Å²) in [6.45, 7) is 3.37. The molecule has 0 saturated carbocycles. The number of carboxylic acid groups (broad SMARTS) is 2. The minimum atomic E-state index is -1.00. The highest BCUT2D eigenvalue weighted by Crippen LogP contribution is 2.37. The fraction of sp³-hybridized carbons (Fsp3) is 0.500. The molecule has 0 aliphatic rings. The number of furan rings is 2. The molecule has 2 unspecified atom stereocenters. The van der Waals surface area contributed by atoms with E-state index in [0.29, 0.717) is 23.0 Å². The van der Waals surface area contributed by atoms with E-state index in [1.165, 1.54) is 23.5 Å². The number of carboxylic acids is 2. The quantitative estimate of drug-likeness (QED) is 0.461. The molecule has 2 N–H and O–H groups in total. The Morgan fingerprint density at radius 3 is 1.54 bits per heavy atom. The predicted molar refractivity (Wildman–Crippen MR) is 110 cm³/mol. The van der Waals surface area contributed by atoms with Crippen LogP contribution >= 0.6 is 23.5 Å². The van der Waals surface area contributed by atoms with Gasteiger partial charge in [-0.3, -0.25) is 9.59 Å². The first-order valence-corrected chi connectivity index (χ1v) is 11.2. The summed E-state index contributed by atoms with van der Waals surface area (Å²) < 4.78 is 10.5. The Kier molecular flexibility index (Phi) is 8.12. The lowest BCUT2D eigenvalue weighted by Crippen LogP contribution is -2.36. The number of carbonyl (C=O) groups is 2. The fourth-order valence-corrected chi connectivity index (χ4v) is 4.95. The first-order valence-electron chi connectivity index (χ1n) is 8.92. The van der Waals surface area contributed by atoms with Crippen molar-refractivity contribution in [2.45, 2.75) is 38.2 Å². The number of hydrogen-bond acceptors (Lipinski definition) is 6. The molecule has 2 aromatic rings. The SMILES string of the molecule is CC(CCC(C)(CSCc1ccco1)C(=O)O)(CSCc1ccco1)C(=O)O. The van der Waals surface area contributed by atoms with Gasteiger partial charge >= 0.3 is 11.9 Å². The zero-order chi connectivity index (χ0) is 20.6. The highest BCUT2D eigenvalue weighted by molar-refractivity contribution is 7.98. The molecule has 28 heavy (non-hydrogen) atoms. The lowest BCUT2D eigenvalue weighted by Gasteiger charge is -2.30. The monoisotopic (exact) mass is 426 g/mol. The third kappa shape index (κ3) is 6.38. The van der Waals surface area contributed by atoms with Gasteiger partial charge in [0.25, 0.3) is 0 Å². The number of rotatable bonds is 13. The molecule has 0 amide bonds. The third-order valence-electron chi connectivity index (χ3n) is 4.75. The van der Waals surface area contributed by atoms with E-state index in [9.17, 15) is 19.8 Å². The van der Waals surface area contributed by atoms with Crippen molar-refractivity contribution in [3.63, 3.8) is 0 Å². The standard InChI is InChI=1S/C20H26O6S2/c1-19(17(21)22,13-27-11-15-5-3-9-25-15)7-8-20(2,18(23)24)14-28-12-16-6-4-10-26-16/h3-6,9-10H,7-8,11-14H2,1-2H3,(H,21,22)(H,23,24). The summed E-state index contributed by atoms with van der Waals surface area (Å²) >= 11 is 2.96. The van der Waals surface area contributed by atoms with Crippen LogP contribution < -0.4 is 0 Å². The maximum atomic E-state index is 11.9. The predicted octanol–water partition coefficient (Wildman–Crippen LogP) is 5.00. The molecule has 6 nitrogen and oxygen atoms in total. The summed E-state index contributed by atoms with van der Waals surface area (Å²) in [5.41, 5.74) is -2.00. The average molecular weight is 427 g/mol. The second-order valence-electron chi connectivity index (χ2n) is 7.38. The maximum absolute atomic E-state index is 11.9. The normalized spacial score (nSPS) is 15.6. The molecule has 0 bridgehead atoms. The van der Waals surface area contributed by atoms with Crippen molar-refractivity contribution in [3.8, 4) is 0 Å². The zero-order valence-electron chi connectivity index (χ0n) is 16.1. The van der Waals surface area contributed by atoms with Crippen molar-refractivity contribution in [1.82, 2.24) is 0 Å². The van der Waals surface area contributed by atoms with Crippen molar-refractivity contribution < 1.29 is 28.6 Å². The van der Waals surface area contributed by atoms with Gasteiger partial charge in [-0.25, -0.2) is 0 Å². The van der Waals surface area contributed by atoms with Crippen LogP contribution in [0.4, 0.5) is 0 Å². The van der Waals surface area contributed by atoms with Gasteiger partial charge in [-0.1, -0.05) is 0 Å². The van der Waals surface area contributed by atoms with Crippen LogP contribution in [0.2, 0.25) is 0 Å². The summed E-state index contributed by atoms with van der Waals surface area (Å²) in [6, 6.07) is 7.29. The van der Waals surface area contributed by atoms with Gasteiger partial charge < -0.3 is 19.0 Å². The van der Waals surface area contributed by atoms with Crippen molar-refractivity contribution >= 4 is 35.5 Å². The lowest BCUT2D eigenvalue weighted by molar-refractivity contribution is -0.151. The largest absolute Gasteiger partial charge is 0.481 e. The van der Waals surface area contributed by atoms with Crippen molar-refractivity contribution in [2.24, 2.45) is 10.8 Å². The van der Waals surface area contributed by atoms with E-state index < -0.39 is 22.8 Å². The molecule has 2 atom stereocenters. The lowest BCUT2D eigenvalue weighted by atomic mass is 9.79. The van der Waals surface area contributed by atoms with E-state index >= 15 is 0 Å². The zero-order valence-corrected chi connectivity index (χ0v) is 17.7. The van der Waals surface area contributed by atoms with E-state index in [2.05, 4.69) is 0 Å². The van der Waals surface area contributed by atoms with Crippen LogP contribution in [-0.2, 0) is 21.1 Å². The molecule has 2 aromatic heterocycles. The van der Waals surface area contributed by atoms with Crippen molar-refractivity contribution in [2.75, 3.05) is 11.5 Å². The van der Waals surface area contributed by atoms with Gasteiger partial charge in [-0.05, 0) is 51.0 Å². The van der Waals surface area contributed by atoms with Gasteiger partial charge in [0.2, 0.25) is 0 Å². The average Bonchev–Trinajstić information content (AvgIpc) is 3.34. The summed E-state index contributed by atoms with van der Waals surface area (Å²) in [5, 5.41) is 19.4. The number of hydrogen-bond donors (Lipinski definition) is 2. The molecule has 154 valence electrons. The Bertz CT molecular complexity index is 679. The highest BCUT2D eigenvalue weighted by Gasteiger charge is 2.39. The first kappa shape index (κ1) is 22.5. The van der Waals surface area contributed by atoms with E-state index in [0.717, 1.165) is 11.5 Å². The molecule has 8 heteroatoms. The van der Waals surface area contributed by atoms with Crippen LogP contribution in [0.1, 0.15) is 38.2 Å². The first-order chi connectivity index (χ1) is 13.3. The molecule has 2 heterocycles. The second-order valence-corrected chi connectivity index (χ2v) is 9.35. The van der Waals surface area contributed by atoms with Crippen LogP contribution in [0.5, 0.6) is 0 Å². The molecule has 0 aromatic carbocycles. The molecule has 0 saturated heterocycles. The molecule has 0 aliphatic heterocycles. The summed E-state index contributed by atoms with van der Waals surface area (Å²) in [7, 11) is 0. The molecular weight excluding hydrogens is 400 g/mol. The summed E-state index contributed by atoms with van der Waals surface area (Å²) in [4.78, 5) is 23.7. The molecule has 2 rings (SSSR count). The van der Waals surface area contributed by atoms with E-state index in [1.54, 1.807) is 38.5 Å². The minimum absolute atomic E-state index is 0.289. The topological polar surface area (TPSA) is 101 Å². The Balaban J connectivity index is 1.90. The van der Waals surface area contributed by atoms with Crippen molar-refractivity contribution in [3.05, 3.63) is 48.3 Å². The van der Waals surface area contributed by atoms with E-state index in [1.807, 2.05) is 12.1 Å². The molecule has 0 radical (unpaired) electrons. The molecule has 0 fully saturated rings. The molecular formula is C20H26O6S2. The van der Waals surface area contributed by atoms with Gasteiger partial charge in [0.15, 0.2) is 0 Å². The van der Waals surface area contributed by atoms with Gasteiger partial charge in [-0.2, -0.15) is 23.5 Å². The molecule has 0 aliphatic carbocycles. The highest BCUT2D eigenvalue weighted by atomic mass is 32.2. The maximum Gasteiger partial charge on any atom is 0.310 e. The van der Waals surface area contributed by atoms with Crippen LogP contribution in [0.3, 0.4) is 0 Å². The van der Waals surface area contributed by atoms with Gasteiger partial charge in [0.05, 0.1) is 34.9 Å². The summed E-state index contributed by atoms with van der Waals surface area (Å²) in [6.07, 6.45) is 3.76. The number of thioether (sulfide) groups is 2. The third-order valence-corrected chi connectivity index (χ3v) is 7.41.